The van der Waals surface area contributed by atoms with E-state index in [2.05, 4.69) is 18.0 Å². The highest BCUT2D eigenvalue weighted by Gasteiger charge is 2.05. The molecule has 1 unspecified atom stereocenters. The molecule has 5 heteroatoms. The molecule has 1 aromatic heterocycles. The van der Waals surface area contributed by atoms with E-state index in [9.17, 15) is 9.59 Å². The lowest BCUT2D eigenvalue weighted by molar-refractivity contribution is -0.136. The first-order valence-corrected chi connectivity index (χ1v) is 8.82. The quantitative estimate of drug-likeness (QED) is 0.419. The maximum atomic E-state index is 11.4. The van der Waals surface area contributed by atoms with E-state index >= 15 is 0 Å². The van der Waals surface area contributed by atoms with Crippen LogP contribution in [0.15, 0.2) is 35.3 Å². The second-order valence-electron chi connectivity index (χ2n) is 5.99. The number of rotatable bonds is 13. The Bertz CT molecular complexity index is 550. The number of hydrogen-bond donors (Lipinski definition) is 2. The van der Waals surface area contributed by atoms with Gasteiger partial charge in [0.15, 0.2) is 5.75 Å². The van der Waals surface area contributed by atoms with Crippen molar-refractivity contribution in [3.8, 4) is 5.75 Å². The second-order valence-corrected chi connectivity index (χ2v) is 5.99. The average molecular weight is 335 g/mol. The van der Waals surface area contributed by atoms with Gasteiger partial charge < -0.3 is 14.8 Å². The molecule has 0 radical (unpaired) electrons. The highest BCUT2D eigenvalue weighted by atomic mass is 16.5. The number of carboxylic acids is 1. The first-order chi connectivity index (χ1) is 11.6. The van der Waals surface area contributed by atoms with Gasteiger partial charge in [0.1, 0.15) is 0 Å². The van der Waals surface area contributed by atoms with E-state index in [4.69, 9.17) is 9.84 Å². The molecule has 0 saturated heterocycles. The van der Waals surface area contributed by atoms with Crippen LogP contribution < -0.4 is 10.3 Å². The van der Waals surface area contributed by atoms with E-state index in [0.717, 1.165) is 38.5 Å². The summed E-state index contributed by atoms with van der Waals surface area (Å²) in [7, 11) is 0. The van der Waals surface area contributed by atoms with Crippen LogP contribution in [0, 0.1) is 5.92 Å². The molecule has 0 saturated carbocycles. The topological polar surface area (TPSA) is 79.4 Å². The molecule has 1 atom stereocenters. The summed E-state index contributed by atoms with van der Waals surface area (Å²) >= 11 is 0. The smallest absolute Gasteiger partial charge is 0.307 e. The number of nitrogens with one attached hydrogen (secondary N) is 1. The Morgan fingerprint density at radius 1 is 1.29 bits per heavy atom. The number of carbonyl (C=O) groups is 1. The fourth-order valence-corrected chi connectivity index (χ4v) is 2.55. The Labute approximate surface area is 143 Å². The molecule has 1 aromatic rings. The molecule has 0 fully saturated rings. The Hall–Kier alpha value is -2.04. The number of hydrogen-bond acceptors (Lipinski definition) is 3. The summed E-state index contributed by atoms with van der Waals surface area (Å²) < 4.78 is 5.48. The van der Waals surface area contributed by atoms with Gasteiger partial charge in [0.2, 0.25) is 0 Å². The maximum Gasteiger partial charge on any atom is 0.307 e. The minimum absolute atomic E-state index is 0.0993. The van der Waals surface area contributed by atoms with Crippen molar-refractivity contribution in [2.45, 2.75) is 58.3 Å². The van der Waals surface area contributed by atoms with E-state index in [1.54, 1.807) is 24.4 Å². The second kappa shape index (κ2) is 12.4. The first kappa shape index (κ1) is 20.0. The van der Waals surface area contributed by atoms with Crippen LogP contribution in [0.3, 0.4) is 0 Å². The largest absolute Gasteiger partial charge is 0.488 e. The number of carboxylic acid groups (broad SMARTS) is 1. The molecule has 1 rings (SSSR count). The van der Waals surface area contributed by atoms with Crippen LogP contribution in [-0.4, -0.2) is 22.7 Å². The summed E-state index contributed by atoms with van der Waals surface area (Å²) in [5, 5.41) is 8.70. The lowest BCUT2D eigenvalue weighted by Crippen LogP contribution is -2.10. The van der Waals surface area contributed by atoms with Crippen molar-refractivity contribution in [2.24, 2.45) is 5.92 Å². The molecule has 24 heavy (non-hydrogen) atoms. The molecule has 1 heterocycles. The van der Waals surface area contributed by atoms with Crippen LogP contribution in [-0.2, 0) is 4.79 Å². The third-order valence-corrected chi connectivity index (χ3v) is 3.89. The van der Waals surface area contributed by atoms with Gasteiger partial charge in [-0.25, -0.2) is 0 Å². The Kier molecular flexibility index (Phi) is 10.3. The first-order valence-electron chi connectivity index (χ1n) is 8.82. The fraction of sp³-hybridized carbons (Fsp3) is 0.579. The third-order valence-electron chi connectivity index (χ3n) is 3.89. The van der Waals surface area contributed by atoms with Crippen LogP contribution in [0.25, 0.3) is 0 Å². The Morgan fingerprint density at radius 2 is 2.08 bits per heavy atom. The van der Waals surface area contributed by atoms with Crippen LogP contribution in [0.2, 0.25) is 0 Å². The molecule has 0 amide bonds. The lowest BCUT2D eigenvalue weighted by atomic mass is 9.95. The predicted octanol–water partition coefficient (Wildman–Crippen LogP) is 4.15. The minimum Gasteiger partial charge on any atom is -0.488 e. The zero-order valence-electron chi connectivity index (χ0n) is 14.5. The van der Waals surface area contributed by atoms with Gasteiger partial charge in [0.05, 0.1) is 13.0 Å². The maximum absolute atomic E-state index is 11.4. The van der Waals surface area contributed by atoms with E-state index < -0.39 is 5.97 Å². The van der Waals surface area contributed by atoms with Gasteiger partial charge >= 0.3 is 5.97 Å². The molecular formula is C19H29NO4. The van der Waals surface area contributed by atoms with E-state index in [-0.39, 0.29) is 12.0 Å². The molecule has 0 aromatic carbocycles. The standard InChI is InChI=1S/C19H29NO4/c1-2-3-9-16(11-7-13-18(21)22)10-5-4-6-15-24-17-12-8-14-20-19(17)23/h7-8,11-12,14,16H,2-6,9-10,13,15H2,1H3,(H,20,23)(H,21,22). The van der Waals surface area contributed by atoms with Crippen LogP contribution in [0.5, 0.6) is 5.75 Å². The van der Waals surface area contributed by atoms with Crippen LogP contribution >= 0.6 is 0 Å². The normalized spacial score (nSPS) is 12.4. The molecule has 0 bridgehead atoms. The molecule has 2 N–H and O–H groups in total. The van der Waals surface area contributed by atoms with E-state index in [0.29, 0.717) is 18.3 Å². The molecule has 0 spiro atoms. The van der Waals surface area contributed by atoms with Crippen molar-refractivity contribution in [2.75, 3.05) is 6.61 Å². The SMILES string of the molecule is CCCCC(C=CCC(=O)O)CCCCCOc1ccc[nH]c1=O. The highest BCUT2D eigenvalue weighted by Crippen LogP contribution is 2.18. The van der Waals surface area contributed by atoms with E-state index in [1.807, 2.05) is 0 Å². The average Bonchev–Trinajstić information content (AvgIpc) is 2.56. The van der Waals surface area contributed by atoms with Gasteiger partial charge in [0.25, 0.3) is 5.56 Å². The summed E-state index contributed by atoms with van der Waals surface area (Å²) in [5.74, 6) is 0.0469. The van der Waals surface area contributed by atoms with Crippen molar-refractivity contribution in [3.63, 3.8) is 0 Å². The van der Waals surface area contributed by atoms with Crippen molar-refractivity contribution in [1.29, 1.82) is 0 Å². The molecule has 0 aliphatic carbocycles. The zero-order chi connectivity index (χ0) is 17.6. The number of unbranched alkanes of at least 4 members (excludes halogenated alkanes) is 3. The van der Waals surface area contributed by atoms with Gasteiger partial charge in [-0.1, -0.05) is 44.8 Å². The number of ether oxygens (including phenoxy) is 1. The van der Waals surface area contributed by atoms with Gasteiger partial charge in [0, 0.05) is 6.20 Å². The number of aromatic amines is 1. The summed E-state index contributed by atoms with van der Waals surface area (Å²) in [6.07, 6.45) is 13.1. The van der Waals surface area contributed by atoms with Crippen molar-refractivity contribution < 1.29 is 14.6 Å². The summed E-state index contributed by atoms with van der Waals surface area (Å²) in [6, 6.07) is 3.42. The number of aromatic nitrogens is 1. The molecule has 134 valence electrons. The predicted molar refractivity (Wildman–Crippen MR) is 95.4 cm³/mol. The van der Waals surface area contributed by atoms with Crippen LogP contribution in [0.1, 0.15) is 58.3 Å². The fourth-order valence-electron chi connectivity index (χ4n) is 2.55. The van der Waals surface area contributed by atoms with Gasteiger partial charge in [-0.05, 0) is 37.3 Å². The van der Waals surface area contributed by atoms with Crippen molar-refractivity contribution in [3.05, 3.63) is 40.8 Å². The highest BCUT2D eigenvalue weighted by molar-refractivity contribution is 5.68. The molecule has 5 nitrogen and oxygen atoms in total. The number of allylic oxidation sites excluding steroid dienone is 1. The van der Waals surface area contributed by atoms with Gasteiger partial charge in [-0.2, -0.15) is 0 Å². The molecule has 0 aliphatic heterocycles. The monoisotopic (exact) mass is 335 g/mol. The number of aliphatic carboxylic acids is 1. The van der Waals surface area contributed by atoms with E-state index in [1.165, 1.54) is 6.42 Å². The minimum atomic E-state index is -0.784. The van der Waals surface area contributed by atoms with Crippen LogP contribution in [0.4, 0.5) is 0 Å². The number of H-pyrrole nitrogens is 1. The summed E-state index contributed by atoms with van der Waals surface area (Å²) in [5.41, 5.74) is -0.194. The Balaban J connectivity index is 2.21. The Morgan fingerprint density at radius 3 is 2.79 bits per heavy atom. The summed E-state index contributed by atoms with van der Waals surface area (Å²) in [6.45, 7) is 2.71. The third kappa shape index (κ3) is 9.18. The number of pyridine rings is 1. The lowest BCUT2D eigenvalue weighted by Gasteiger charge is -2.12. The molecular weight excluding hydrogens is 306 g/mol. The summed E-state index contributed by atoms with van der Waals surface area (Å²) in [4.78, 5) is 24.6. The van der Waals surface area contributed by atoms with Crippen molar-refractivity contribution >= 4 is 5.97 Å². The van der Waals surface area contributed by atoms with Gasteiger partial charge in [-0.15, -0.1) is 0 Å². The zero-order valence-corrected chi connectivity index (χ0v) is 14.5. The van der Waals surface area contributed by atoms with Gasteiger partial charge in [-0.3, -0.25) is 9.59 Å². The van der Waals surface area contributed by atoms with Crippen molar-refractivity contribution in [1.82, 2.24) is 4.98 Å². The molecule has 0 aliphatic rings.